The highest BCUT2D eigenvalue weighted by molar-refractivity contribution is 7.17. The molecule has 2 aromatic carbocycles. The van der Waals surface area contributed by atoms with Gasteiger partial charge in [0, 0.05) is 11.4 Å². The van der Waals surface area contributed by atoms with E-state index in [1.807, 2.05) is 0 Å². The summed E-state index contributed by atoms with van der Waals surface area (Å²) in [6.45, 7) is 0. The first-order valence-corrected chi connectivity index (χ1v) is 7.35. The Morgan fingerprint density at radius 1 is 0.870 bits per heavy atom. The quantitative estimate of drug-likeness (QED) is 0.762. The topological polar surface area (TPSA) is 66.9 Å². The van der Waals surface area contributed by atoms with Gasteiger partial charge >= 0.3 is 0 Å². The molecule has 0 bridgehead atoms. The van der Waals surface area contributed by atoms with Crippen LogP contribution in [-0.4, -0.2) is 16.1 Å². The van der Waals surface area contributed by atoms with Gasteiger partial charge in [-0.05, 0) is 48.5 Å². The van der Waals surface area contributed by atoms with Gasteiger partial charge in [0.1, 0.15) is 11.6 Å². The fraction of sp³-hybridized carbons (Fsp3) is 0. The van der Waals surface area contributed by atoms with Crippen molar-refractivity contribution in [3.8, 4) is 0 Å². The molecular formula is C15H10F2N4OS. The molecule has 1 aromatic heterocycles. The summed E-state index contributed by atoms with van der Waals surface area (Å²) in [6, 6.07) is 11.1. The second-order valence-electron chi connectivity index (χ2n) is 4.51. The molecule has 1 heterocycles. The summed E-state index contributed by atoms with van der Waals surface area (Å²) in [5, 5.41) is 13.7. The van der Waals surface area contributed by atoms with Crippen LogP contribution < -0.4 is 10.6 Å². The molecule has 0 aliphatic rings. The lowest BCUT2D eigenvalue weighted by molar-refractivity contribution is 0.102. The Hall–Kier alpha value is -2.87. The maximum atomic E-state index is 12.8. The number of amides is 1. The number of hydrogen-bond acceptors (Lipinski definition) is 5. The molecule has 3 rings (SSSR count). The zero-order valence-corrected chi connectivity index (χ0v) is 12.4. The van der Waals surface area contributed by atoms with Gasteiger partial charge in [-0.15, -0.1) is 10.2 Å². The average Bonchev–Trinajstić information content (AvgIpc) is 3.00. The third-order valence-corrected chi connectivity index (χ3v) is 3.65. The van der Waals surface area contributed by atoms with Crippen molar-refractivity contribution in [3.05, 3.63) is 65.2 Å². The number of nitrogens with zero attached hydrogens (tertiary/aromatic N) is 2. The highest BCUT2D eigenvalue weighted by atomic mass is 32.1. The zero-order chi connectivity index (χ0) is 16.2. The van der Waals surface area contributed by atoms with Crippen molar-refractivity contribution < 1.29 is 13.6 Å². The molecule has 0 unspecified atom stereocenters. The highest BCUT2D eigenvalue weighted by Gasteiger charge is 2.13. The Balaban J connectivity index is 1.67. The van der Waals surface area contributed by atoms with E-state index in [1.54, 1.807) is 12.1 Å². The van der Waals surface area contributed by atoms with Gasteiger partial charge in [-0.1, -0.05) is 11.3 Å². The second-order valence-corrected chi connectivity index (χ2v) is 5.48. The number of carbonyl (C=O) groups excluding carboxylic acids is 1. The van der Waals surface area contributed by atoms with Crippen LogP contribution in [0.1, 0.15) is 9.80 Å². The molecule has 0 radical (unpaired) electrons. The molecular weight excluding hydrogens is 322 g/mol. The summed E-state index contributed by atoms with van der Waals surface area (Å²) in [4.78, 5) is 12.0. The molecule has 5 nitrogen and oxygen atoms in total. The van der Waals surface area contributed by atoms with Gasteiger partial charge in [0.25, 0.3) is 5.91 Å². The van der Waals surface area contributed by atoms with Gasteiger partial charge in [0.2, 0.25) is 10.1 Å². The number of aromatic nitrogens is 2. The maximum absolute atomic E-state index is 12.8. The van der Waals surface area contributed by atoms with Gasteiger partial charge in [-0.25, -0.2) is 8.78 Å². The van der Waals surface area contributed by atoms with Gasteiger partial charge in [0.15, 0.2) is 0 Å². The SMILES string of the molecule is O=C(Nc1ccc(F)cc1)c1nnc(Nc2ccc(F)cc2)s1. The van der Waals surface area contributed by atoms with Crippen molar-refractivity contribution in [2.75, 3.05) is 10.6 Å². The summed E-state index contributed by atoms with van der Waals surface area (Å²) in [5.41, 5.74) is 1.09. The van der Waals surface area contributed by atoms with E-state index < -0.39 is 5.91 Å². The monoisotopic (exact) mass is 332 g/mol. The first kappa shape index (κ1) is 15.0. The van der Waals surface area contributed by atoms with Crippen LogP contribution in [0.5, 0.6) is 0 Å². The van der Waals surface area contributed by atoms with Gasteiger partial charge in [-0.3, -0.25) is 4.79 Å². The molecule has 0 saturated heterocycles. The van der Waals surface area contributed by atoms with Crippen molar-refractivity contribution in [2.24, 2.45) is 0 Å². The average molecular weight is 332 g/mol. The summed E-state index contributed by atoms with van der Waals surface area (Å²) in [5.74, 6) is -1.17. The Labute approximate surface area is 134 Å². The second kappa shape index (κ2) is 6.49. The van der Waals surface area contributed by atoms with Crippen LogP contribution in [0, 0.1) is 11.6 Å². The van der Waals surface area contributed by atoms with E-state index in [-0.39, 0.29) is 16.6 Å². The van der Waals surface area contributed by atoms with Crippen LogP contribution >= 0.6 is 11.3 Å². The van der Waals surface area contributed by atoms with E-state index >= 15 is 0 Å². The molecule has 0 aliphatic heterocycles. The first-order chi connectivity index (χ1) is 11.1. The Bertz CT molecular complexity index is 818. The number of nitrogens with one attached hydrogen (secondary N) is 2. The molecule has 23 heavy (non-hydrogen) atoms. The predicted octanol–water partition coefficient (Wildman–Crippen LogP) is 3.81. The van der Waals surface area contributed by atoms with E-state index in [9.17, 15) is 13.6 Å². The Kier molecular flexibility index (Phi) is 4.24. The van der Waals surface area contributed by atoms with Gasteiger partial charge < -0.3 is 10.6 Å². The molecule has 0 aliphatic carbocycles. The first-order valence-electron chi connectivity index (χ1n) is 6.53. The van der Waals surface area contributed by atoms with Crippen molar-refractivity contribution in [3.63, 3.8) is 0 Å². The number of rotatable bonds is 4. The van der Waals surface area contributed by atoms with E-state index in [4.69, 9.17) is 0 Å². The minimum atomic E-state index is -0.443. The standard InChI is InChI=1S/C15H10F2N4OS/c16-9-1-5-11(6-2-9)18-13(22)14-20-21-15(23-14)19-12-7-3-10(17)4-8-12/h1-8H,(H,18,22)(H,19,21). The van der Waals surface area contributed by atoms with E-state index in [2.05, 4.69) is 20.8 Å². The fourth-order valence-corrected chi connectivity index (χ4v) is 2.40. The minimum absolute atomic E-state index is 0.152. The van der Waals surface area contributed by atoms with Crippen LogP contribution in [-0.2, 0) is 0 Å². The Morgan fingerprint density at radius 3 is 2.04 bits per heavy atom. The smallest absolute Gasteiger partial charge is 0.286 e. The number of anilines is 3. The number of halogens is 2. The normalized spacial score (nSPS) is 10.3. The van der Waals surface area contributed by atoms with Crippen LogP contribution in [0.4, 0.5) is 25.3 Å². The lowest BCUT2D eigenvalue weighted by atomic mass is 10.3. The molecule has 2 N–H and O–H groups in total. The molecule has 116 valence electrons. The Morgan fingerprint density at radius 2 is 1.43 bits per heavy atom. The van der Waals surface area contributed by atoms with Crippen molar-refractivity contribution in [2.45, 2.75) is 0 Å². The van der Waals surface area contributed by atoms with Gasteiger partial charge in [-0.2, -0.15) is 0 Å². The van der Waals surface area contributed by atoms with Crippen LogP contribution in [0.25, 0.3) is 0 Å². The zero-order valence-electron chi connectivity index (χ0n) is 11.6. The van der Waals surface area contributed by atoms with Crippen molar-refractivity contribution >= 4 is 33.8 Å². The predicted molar refractivity (Wildman–Crippen MR) is 83.9 cm³/mol. The number of benzene rings is 2. The highest BCUT2D eigenvalue weighted by Crippen LogP contribution is 2.21. The number of hydrogen-bond donors (Lipinski definition) is 2. The van der Waals surface area contributed by atoms with E-state index in [0.717, 1.165) is 11.3 Å². The third kappa shape index (κ3) is 3.86. The van der Waals surface area contributed by atoms with E-state index in [1.165, 1.54) is 36.4 Å². The van der Waals surface area contributed by atoms with Crippen molar-refractivity contribution in [1.82, 2.24) is 10.2 Å². The largest absolute Gasteiger partial charge is 0.330 e. The summed E-state index contributed by atoms with van der Waals surface area (Å²) < 4.78 is 25.7. The summed E-state index contributed by atoms with van der Waals surface area (Å²) in [6.07, 6.45) is 0. The van der Waals surface area contributed by atoms with E-state index in [0.29, 0.717) is 16.5 Å². The lowest BCUT2D eigenvalue weighted by Gasteiger charge is -2.02. The third-order valence-electron chi connectivity index (χ3n) is 2.82. The fourth-order valence-electron chi connectivity index (χ4n) is 1.74. The molecule has 8 heteroatoms. The van der Waals surface area contributed by atoms with Crippen molar-refractivity contribution in [1.29, 1.82) is 0 Å². The van der Waals surface area contributed by atoms with Gasteiger partial charge in [0.05, 0.1) is 0 Å². The molecule has 0 fully saturated rings. The molecule has 0 saturated carbocycles. The molecule has 0 spiro atoms. The minimum Gasteiger partial charge on any atom is -0.330 e. The molecule has 3 aromatic rings. The maximum Gasteiger partial charge on any atom is 0.286 e. The van der Waals surface area contributed by atoms with Crippen LogP contribution in [0.2, 0.25) is 0 Å². The summed E-state index contributed by atoms with van der Waals surface area (Å²) >= 11 is 1.05. The number of carbonyl (C=O) groups is 1. The lowest BCUT2D eigenvalue weighted by Crippen LogP contribution is -2.11. The molecule has 0 atom stereocenters. The van der Waals surface area contributed by atoms with Crippen LogP contribution in [0.15, 0.2) is 48.5 Å². The summed E-state index contributed by atoms with van der Waals surface area (Å²) in [7, 11) is 0. The molecule has 1 amide bonds. The van der Waals surface area contributed by atoms with Crippen LogP contribution in [0.3, 0.4) is 0 Å².